The number of aromatic nitrogens is 2. The lowest BCUT2D eigenvalue weighted by molar-refractivity contribution is 0.639. The molecule has 0 amide bonds. The predicted molar refractivity (Wildman–Crippen MR) is 82.5 cm³/mol. The molecule has 110 valence electrons. The van der Waals surface area contributed by atoms with E-state index < -0.39 is 0 Å². The molecule has 0 unspecified atom stereocenters. The average Bonchev–Trinajstić information content (AvgIpc) is 2.87. The highest BCUT2D eigenvalue weighted by Gasteiger charge is 2.22. The first kappa shape index (κ1) is 13.5. The molecular formula is C15H18N4O2. The minimum absolute atomic E-state index is 0.284. The van der Waals surface area contributed by atoms with Gasteiger partial charge in [0.2, 0.25) is 0 Å². The molecular weight excluding hydrogens is 268 g/mol. The van der Waals surface area contributed by atoms with Crippen LogP contribution in [0.5, 0.6) is 0 Å². The summed E-state index contributed by atoms with van der Waals surface area (Å²) in [4.78, 5) is 25.9. The third kappa shape index (κ3) is 2.12. The van der Waals surface area contributed by atoms with E-state index in [0.29, 0.717) is 12.2 Å². The zero-order valence-electron chi connectivity index (χ0n) is 12.2. The van der Waals surface area contributed by atoms with Crippen molar-refractivity contribution in [3.8, 4) is 0 Å². The van der Waals surface area contributed by atoms with Gasteiger partial charge in [0.1, 0.15) is 0 Å². The van der Waals surface area contributed by atoms with Crippen LogP contribution < -0.4 is 21.9 Å². The van der Waals surface area contributed by atoms with Gasteiger partial charge in [0, 0.05) is 32.4 Å². The molecule has 0 saturated carbocycles. The first-order valence-corrected chi connectivity index (χ1v) is 6.87. The molecule has 1 aliphatic rings. The van der Waals surface area contributed by atoms with Crippen LogP contribution in [0.1, 0.15) is 11.3 Å². The van der Waals surface area contributed by atoms with E-state index in [9.17, 15) is 9.59 Å². The molecule has 0 fully saturated rings. The Hall–Kier alpha value is -2.50. The third-order valence-electron chi connectivity index (χ3n) is 4.10. The maximum Gasteiger partial charge on any atom is 0.330 e. The summed E-state index contributed by atoms with van der Waals surface area (Å²) in [5.41, 5.74) is 9.13. The Morgan fingerprint density at radius 3 is 2.71 bits per heavy atom. The fourth-order valence-corrected chi connectivity index (χ4v) is 2.85. The second-order valence-corrected chi connectivity index (χ2v) is 5.40. The van der Waals surface area contributed by atoms with Crippen LogP contribution in [0, 0.1) is 0 Å². The Bertz CT molecular complexity index is 819. The van der Waals surface area contributed by atoms with E-state index in [1.807, 2.05) is 12.1 Å². The Morgan fingerprint density at radius 1 is 1.19 bits per heavy atom. The smallest absolute Gasteiger partial charge is 0.330 e. The summed E-state index contributed by atoms with van der Waals surface area (Å²) in [7, 11) is 3.17. The number of benzene rings is 1. The molecule has 2 aromatic rings. The van der Waals surface area contributed by atoms with Crippen molar-refractivity contribution in [2.24, 2.45) is 14.1 Å². The first-order valence-electron chi connectivity index (χ1n) is 6.87. The molecule has 1 aromatic heterocycles. The van der Waals surface area contributed by atoms with E-state index in [0.717, 1.165) is 28.9 Å². The zero-order valence-corrected chi connectivity index (χ0v) is 12.2. The number of hydrogen-bond donors (Lipinski definition) is 1. The van der Waals surface area contributed by atoms with Crippen molar-refractivity contribution in [2.75, 3.05) is 17.2 Å². The SMILES string of the molecule is Cn1c(CN2CCc3cccc(N)c32)cc(=O)n(C)c1=O. The monoisotopic (exact) mass is 286 g/mol. The van der Waals surface area contributed by atoms with E-state index >= 15 is 0 Å². The molecule has 6 nitrogen and oxygen atoms in total. The quantitative estimate of drug-likeness (QED) is 0.802. The number of nitrogens with zero attached hydrogens (tertiary/aromatic N) is 3. The first-order chi connectivity index (χ1) is 9.99. The topological polar surface area (TPSA) is 73.3 Å². The molecule has 0 atom stereocenters. The molecule has 1 aliphatic heterocycles. The highest BCUT2D eigenvalue weighted by molar-refractivity contribution is 5.74. The fourth-order valence-electron chi connectivity index (χ4n) is 2.85. The molecule has 3 rings (SSSR count). The summed E-state index contributed by atoms with van der Waals surface area (Å²) in [6.07, 6.45) is 0.930. The van der Waals surface area contributed by atoms with Gasteiger partial charge in [-0.3, -0.25) is 13.9 Å². The summed E-state index contributed by atoms with van der Waals surface area (Å²) in [6, 6.07) is 7.40. The summed E-state index contributed by atoms with van der Waals surface area (Å²) >= 11 is 0. The Kier molecular flexibility index (Phi) is 3.08. The number of anilines is 2. The van der Waals surface area contributed by atoms with Gasteiger partial charge in [-0.05, 0) is 18.1 Å². The molecule has 0 spiro atoms. The lowest BCUT2D eigenvalue weighted by Crippen LogP contribution is -2.39. The van der Waals surface area contributed by atoms with Gasteiger partial charge in [-0.25, -0.2) is 4.79 Å². The van der Waals surface area contributed by atoms with Gasteiger partial charge in [0.25, 0.3) is 5.56 Å². The van der Waals surface area contributed by atoms with E-state index in [1.165, 1.54) is 23.2 Å². The summed E-state index contributed by atoms with van der Waals surface area (Å²) in [5, 5.41) is 0. The molecule has 1 aromatic carbocycles. The number of rotatable bonds is 2. The Balaban J connectivity index is 2.01. The molecule has 21 heavy (non-hydrogen) atoms. The number of para-hydroxylation sites is 1. The molecule has 6 heteroatoms. The van der Waals surface area contributed by atoms with Crippen molar-refractivity contribution in [3.05, 3.63) is 56.4 Å². The van der Waals surface area contributed by atoms with Crippen molar-refractivity contribution in [1.82, 2.24) is 9.13 Å². The highest BCUT2D eigenvalue weighted by atomic mass is 16.2. The summed E-state index contributed by atoms with van der Waals surface area (Å²) < 4.78 is 2.62. The predicted octanol–water partition coefficient (Wildman–Crippen LogP) is 0.229. The van der Waals surface area contributed by atoms with Gasteiger partial charge in [-0.15, -0.1) is 0 Å². The third-order valence-corrected chi connectivity index (χ3v) is 4.10. The van der Waals surface area contributed by atoms with E-state index in [4.69, 9.17) is 5.73 Å². The van der Waals surface area contributed by atoms with Crippen LogP contribution in [0.3, 0.4) is 0 Å². The van der Waals surface area contributed by atoms with E-state index in [2.05, 4.69) is 11.0 Å². The highest BCUT2D eigenvalue weighted by Crippen LogP contribution is 2.34. The largest absolute Gasteiger partial charge is 0.397 e. The maximum atomic E-state index is 12.0. The lowest BCUT2D eigenvalue weighted by atomic mass is 10.1. The van der Waals surface area contributed by atoms with Crippen LogP contribution in [-0.4, -0.2) is 15.7 Å². The summed E-state index contributed by atoms with van der Waals surface area (Å²) in [6.45, 7) is 1.34. The van der Waals surface area contributed by atoms with Crippen molar-refractivity contribution in [2.45, 2.75) is 13.0 Å². The Morgan fingerprint density at radius 2 is 1.95 bits per heavy atom. The van der Waals surface area contributed by atoms with Crippen LogP contribution in [0.2, 0.25) is 0 Å². The number of hydrogen-bond acceptors (Lipinski definition) is 4. The van der Waals surface area contributed by atoms with Crippen LogP contribution >= 0.6 is 0 Å². The maximum absolute atomic E-state index is 12.0. The van der Waals surface area contributed by atoms with Crippen LogP contribution in [0.25, 0.3) is 0 Å². The second-order valence-electron chi connectivity index (χ2n) is 5.40. The van der Waals surface area contributed by atoms with Crippen LogP contribution in [0.4, 0.5) is 11.4 Å². The van der Waals surface area contributed by atoms with E-state index in [1.54, 1.807) is 7.05 Å². The minimum atomic E-state index is -0.307. The average molecular weight is 286 g/mol. The van der Waals surface area contributed by atoms with Gasteiger partial charge < -0.3 is 10.6 Å². The minimum Gasteiger partial charge on any atom is -0.397 e. The molecule has 2 N–H and O–H groups in total. The van der Waals surface area contributed by atoms with Crippen molar-refractivity contribution in [1.29, 1.82) is 0 Å². The van der Waals surface area contributed by atoms with Crippen molar-refractivity contribution >= 4 is 11.4 Å². The normalized spacial score (nSPS) is 13.5. The number of nitrogen functional groups attached to an aromatic ring is 1. The number of nitrogens with two attached hydrogens (primary N) is 1. The van der Waals surface area contributed by atoms with Gasteiger partial charge in [-0.2, -0.15) is 0 Å². The van der Waals surface area contributed by atoms with Gasteiger partial charge >= 0.3 is 5.69 Å². The van der Waals surface area contributed by atoms with Crippen LogP contribution in [-0.2, 0) is 27.1 Å². The fraction of sp³-hybridized carbons (Fsp3) is 0.333. The summed E-state index contributed by atoms with van der Waals surface area (Å²) in [5.74, 6) is 0. The Labute approximate surface area is 122 Å². The van der Waals surface area contributed by atoms with Gasteiger partial charge in [0.15, 0.2) is 0 Å². The van der Waals surface area contributed by atoms with Gasteiger partial charge in [0.05, 0.1) is 17.9 Å². The molecule has 0 saturated heterocycles. The zero-order chi connectivity index (χ0) is 15.1. The number of fused-ring (bicyclic) bond motifs is 1. The molecule has 0 bridgehead atoms. The standard InChI is InChI=1S/C15H18N4O2/c1-17-11(8-13(20)18(2)15(17)21)9-19-7-6-10-4-3-5-12(16)14(10)19/h3-5,8H,6-7,9,16H2,1-2H3. The van der Waals surface area contributed by atoms with Crippen LogP contribution in [0.15, 0.2) is 33.9 Å². The molecule has 2 heterocycles. The lowest BCUT2D eigenvalue weighted by Gasteiger charge is -2.22. The van der Waals surface area contributed by atoms with E-state index in [-0.39, 0.29) is 11.2 Å². The van der Waals surface area contributed by atoms with Crippen molar-refractivity contribution < 1.29 is 0 Å². The van der Waals surface area contributed by atoms with Crippen molar-refractivity contribution in [3.63, 3.8) is 0 Å². The van der Waals surface area contributed by atoms with Gasteiger partial charge in [-0.1, -0.05) is 12.1 Å². The molecule has 0 aliphatic carbocycles. The second kappa shape index (κ2) is 4.80. The molecule has 0 radical (unpaired) electrons.